The summed E-state index contributed by atoms with van der Waals surface area (Å²) in [7, 11) is 0. The van der Waals surface area contributed by atoms with Crippen LogP contribution in [0.5, 0.6) is 0 Å². The molecule has 0 saturated carbocycles. The molecule has 0 spiro atoms. The number of hydrogen-bond acceptors (Lipinski definition) is 3. The van der Waals surface area contributed by atoms with Crippen molar-refractivity contribution in [3.8, 4) is 0 Å². The molecular formula is C9H18O3. The van der Waals surface area contributed by atoms with Gasteiger partial charge >= 0.3 is 0 Å². The SMILES string of the molecule is C=COOOCCCCCCC. The highest BCUT2D eigenvalue weighted by atomic mass is 17.5. The molecule has 3 heteroatoms. The van der Waals surface area contributed by atoms with Crippen LogP contribution >= 0.6 is 0 Å². The molecule has 0 radical (unpaired) electrons. The van der Waals surface area contributed by atoms with Crippen molar-refractivity contribution in [3.05, 3.63) is 12.8 Å². The molecule has 0 bridgehead atoms. The van der Waals surface area contributed by atoms with Gasteiger partial charge in [-0.1, -0.05) is 39.2 Å². The van der Waals surface area contributed by atoms with Crippen LogP contribution in [0.3, 0.4) is 0 Å². The van der Waals surface area contributed by atoms with E-state index in [9.17, 15) is 0 Å². The Labute approximate surface area is 74.2 Å². The summed E-state index contributed by atoms with van der Waals surface area (Å²) in [5.41, 5.74) is 0. The molecule has 0 aromatic rings. The second-order valence-electron chi connectivity index (χ2n) is 2.57. The average molecular weight is 174 g/mol. The number of hydrogen-bond donors (Lipinski definition) is 0. The lowest BCUT2D eigenvalue weighted by atomic mass is 10.2. The van der Waals surface area contributed by atoms with Crippen molar-refractivity contribution in [3.63, 3.8) is 0 Å². The minimum atomic E-state index is 0.581. The van der Waals surface area contributed by atoms with Crippen LogP contribution in [0.15, 0.2) is 12.8 Å². The van der Waals surface area contributed by atoms with Crippen molar-refractivity contribution < 1.29 is 14.8 Å². The van der Waals surface area contributed by atoms with E-state index in [0.29, 0.717) is 6.61 Å². The van der Waals surface area contributed by atoms with Crippen molar-refractivity contribution >= 4 is 0 Å². The highest BCUT2D eigenvalue weighted by molar-refractivity contribution is 4.42. The minimum absolute atomic E-state index is 0.581. The number of rotatable bonds is 9. The summed E-state index contributed by atoms with van der Waals surface area (Å²) in [6, 6.07) is 0. The van der Waals surface area contributed by atoms with E-state index in [-0.39, 0.29) is 0 Å². The minimum Gasteiger partial charge on any atom is -0.317 e. The van der Waals surface area contributed by atoms with Gasteiger partial charge in [-0.25, -0.2) is 0 Å². The maximum absolute atomic E-state index is 4.66. The van der Waals surface area contributed by atoms with Gasteiger partial charge in [0.05, 0.1) is 6.61 Å². The molecule has 0 heterocycles. The van der Waals surface area contributed by atoms with Crippen LogP contribution in [-0.4, -0.2) is 6.61 Å². The van der Waals surface area contributed by atoms with Gasteiger partial charge < -0.3 is 4.89 Å². The van der Waals surface area contributed by atoms with E-state index in [4.69, 9.17) is 0 Å². The van der Waals surface area contributed by atoms with E-state index in [2.05, 4.69) is 28.3 Å². The number of unbranched alkanes of at least 4 members (excludes halogenated alkanes) is 4. The van der Waals surface area contributed by atoms with Crippen LogP contribution in [0.1, 0.15) is 39.0 Å². The Bertz CT molecular complexity index is 93.8. The van der Waals surface area contributed by atoms with Crippen LogP contribution in [-0.2, 0) is 14.8 Å². The lowest BCUT2D eigenvalue weighted by Gasteiger charge is -2.00. The Kier molecular flexibility index (Phi) is 9.99. The predicted molar refractivity (Wildman–Crippen MR) is 47.1 cm³/mol. The van der Waals surface area contributed by atoms with Gasteiger partial charge in [0, 0.05) is 0 Å². The van der Waals surface area contributed by atoms with Crippen molar-refractivity contribution in [1.82, 2.24) is 0 Å². The van der Waals surface area contributed by atoms with Gasteiger partial charge in [0.15, 0.2) is 0 Å². The zero-order valence-electron chi connectivity index (χ0n) is 7.75. The Hall–Kier alpha value is -0.540. The fraction of sp³-hybridized carbons (Fsp3) is 0.778. The molecule has 0 aromatic carbocycles. The van der Waals surface area contributed by atoms with Gasteiger partial charge in [-0.2, -0.15) is 4.89 Å². The average Bonchev–Trinajstić information content (AvgIpc) is 2.10. The summed E-state index contributed by atoms with van der Waals surface area (Å²) in [5.74, 6) is 0. The third-order valence-corrected chi connectivity index (χ3v) is 1.49. The Morgan fingerprint density at radius 3 is 2.58 bits per heavy atom. The molecule has 0 aliphatic heterocycles. The van der Waals surface area contributed by atoms with Crippen LogP contribution in [0.4, 0.5) is 0 Å². The molecule has 12 heavy (non-hydrogen) atoms. The van der Waals surface area contributed by atoms with E-state index in [1.54, 1.807) is 0 Å². The van der Waals surface area contributed by atoms with Crippen LogP contribution in [0.2, 0.25) is 0 Å². The van der Waals surface area contributed by atoms with E-state index >= 15 is 0 Å². The molecule has 0 saturated heterocycles. The summed E-state index contributed by atoms with van der Waals surface area (Å²) in [6.45, 7) is 6.06. The molecule has 0 aliphatic rings. The molecule has 72 valence electrons. The molecule has 0 amide bonds. The van der Waals surface area contributed by atoms with Crippen LogP contribution in [0, 0.1) is 0 Å². The zero-order chi connectivity index (χ0) is 9.07. The summed E-state index contributed by atoms with van der Waals surface area (Å²) >= 11 is 0. The third kappa shape index (κ3) is 9.46. The quantitative estimate of drug-likeness (QED) is 0.233. The molecule has 0 unspecified atom stereocenters. The first-order chi connectivity index (χ1) is 5.91. The molecule has 0 aliphatic carbocycles. The first kappa shape index (κ1) is 11.5. The fourth-order valence-corrected chi connectivity index (χ4v) is 0.854. The second kappa shape index (κ2) is 10.5. The normalized spacial score (nSPS) is 9.75. The lowest BCUT2D eigenvalue weighted by Crippen LogP contribution is -1.94. The largest absolute Gasteiger partial charge is 0.317 e. The smallest absolute Gasteiger partial charge is 0.125 e. The highest BCUT2D eigenvalue weighted by Gasteiger charge is 1.90. The molecular weight excluding hydrogens is 156 g/mol. The van der Waals surface area contributed by atoms with Crippen molar-refractivity contribution in [1.29, 1.82) is 0 Å². The first-order valence-electron chi connectivity index (χ1n) is 4.47. The third-order valence-electron chi connectivity index (χ3n) is 1.49. The van der Waals surface area contributed by atoms with Gasteiger partial charge in [0.25, 0.3) is 0 Å². The van der Waals surface area contributed by atoms with Crippen molar-refractivity contribution in [2.45, 2.75) is 39.0 Å². The summed E-state index contributed by atoms with van der Waals surface area (Å²) in [5, 5.41) is 4.27. The Balaban J connectivity index is 2.77. The maximum atomic E-state index is 4.66. The molecule has 0 atom stereocenters. The molecule has 0 aromatic heterocycles. The highest BCUT2D eigenvalue weighted by Crippen LogP contribution is 2.02. The Morgan fingerprint density at radius 2 is 1.92 bits per heavy atom. The Morgan fingerprint density at radius 1 is 1.17 bits per heavy atom. The van der Waals surface area contributed by atoms with Gasteiger partial charge in [0.2, 0.25) is 0 Å². The lowest BCUT2D eigenvalue weighted by molar-refractivity contribution is -0.489. The first-order valence-corrected chi connectivity index (χ1v) is 4.47. The predicted octanol–water partition coefficient (Wildman–Crippen LogP) is 2.98. The van der Waals surface area contributed by atoms with Crippen LogP contribution in [0.25, 0.3) is 0 Å². The van der Waals surface area contributed by atoms with Gasteiger partial charge in [-0.05, 0) is 11.5 Å². The van der Waals surface area contributed by atoms with Gasteiger partial charge in [-0.3, -0.25) is 0 Å². The maximum Gasteiger partial charge on any atom is 0.125 e. The van der Waals surface area contributed by atoms with E-state index in [1.165, 1.54) is 31.9 Å². The zero-order valence-corrected chi connectivity index (χ0v) is 7.75. The summed E-state index contributed by atoms with van der Waals surface area (Å²) < 4.78 is 0. The summed E-state index contributed by atoms with van der Waals surface area (Å²) in [6.07, 6.45) is 7.20. The van der Waals surface area contributed by atoms with Crippen molar-refractivity contribution in [2.24, 2.45) is 0 Å². The fourth-order valence-electron chi connectivity index (χ4n) is 0.854. The molecule has 0 N–H and O–H groups in total. The standard InChI is InChI=1S/C9H18O3/c1-3-5-6-7-8-9-11-12-10-4-2/h4H,2-3,5-9H2,1H3. The summed E-state index contributed by atoms with van der Waals surface area (Å²) in [4.78, 5) is 8.96. The van der Waals surface area contributed by atoms with Gasteiger partial charge in [-0.15, -0.1) is 0 Å². The van der Waals surface area contributed by atoms with E-state index < -0.39 is 0 Å². The van der Waals surface area contributed by atoms with Gasteiger partial charge in [0.1, 0.15) is 6.26 Å². The molecule has 0 fully saturated rings. The topological polar surface area (TPSA) is 27.7 Å². The second-order valence-corrected chi connectivity index (χ2v) is 2.57. The van der Waals surface area contributed by atoms with E-state index in [1.807, 2.05) is 0 Å². The van der Waals surface area contributed by atoms with Crippen LogP contribution < -0.4 is 0 Å². The molecule has 3 nitrogen and oxygen atoms in total. The van der Waals surface area contributed by atoms with Crippen molar-refractivity contribution in [2.75, 3.05) is 6.61 Å². The van der Waals surface area contributed by atoms with E-state index in [0.717, 1.165) is 6.42 Å². The molecule has 0 rings (SSSR count). The monoisotopic (exact) mass is 174 g/mol.